The predicted molar refractivity (Wildman–Crippen MR) is 55.8 cm³/mol. The van der Waals surface area contributed by atoms with Crippen LogP contribution in [0.15, 0.2) is 0 Å². The Balaban J connectivity index is -0.000000320. The van der Waals surface area contributed by atoms with Crippen molar-refractivity contribution in [2.75, 3.05) is 0 Å². The zero-order valence-corrected chi connectivity index (χ0v) is 12.7. The molecule has 0 saturated carbocycles. The molecule has 0 N–H and O–H groups in total. The number of hydrogen-bond donors (Lipinski definition) is 0. The van der Waals surface area contributed by atoms with E-state index in [1.807, 2.05) is 0 Å². The maximum Gasteiger partial charge on any atom is 2.00 e. The summed E-state index contributed by atoms with van der Waals surface area (Å²) in [5.41, 5.74) is 0. The number of hydrogen-bond acceptors (Lipinski definition) is 0. The third kappa shape index (κ3) is 18.4. The van der Waals surface area contributed by atoms with E-state index in [0.29, 0.717) is 0 Å². The van der Waals surface area contributed by atoms with Gasteiger partial charge in [0.2, 0.25) is 0 Å². The van der Waals surface area contributed by atoms with Crippen LogP contribution in [-0.2, 0) is 0 Å². The molecular weight excluding hydrogens is 202 g/mol. The largest absolute Gasteiger partial charge is 2.00 e. The van der Waals surface area contributed by atoms with Crippen LogP contribution in [0.2, 0.25) is 39.3 Å². The fourth-order valence-corrected chi connectivity index (χ4v) is 9.06. The summed E-state index contributed by atoms with van der Waals surface area (Å²) in [5, 5.41) is 0. The van der Waals surface area contributed by atoms with Gasteiger partial charge in [0.1, 0.15) is 0 Å². The molecule has 0 aliphatic rings. The van der Waals surface area contributed by atoms with Crippen LogP contribution in [-0.4, -0.2) is 39.5 Å². The summed E-state index contributed by atoms with van der Waals surface area (Å²) in [7, 11) is -2.21. The molecule has 0 bridgehead atoms. The average molecular weight is 220 g/mol. The SMILES string of the molecule is C[Si](C)(C)[N-][Si](C)(C)C.[Cl-].[Mg+2]. The van der Waals surface area contributed by atoms with Crippen molar-refractivity contribution in [1.82, 2.24) is 0 Å². The standard InChI is InChI=1S/C6H18NSi2.ClH.Mg/c1-8(2,3)7-9(4,5)6;;/h1-6H3;1H;/q-1;;+2/p-1. The quantitative estimate of drug-likeness (QED) is 0.565. The molecule has 0 radical (unpaired) electrons. The van der Waals surface area contributed by atoms with Crippen LogP contribution in [0.4, 0.5) is 0 Å². The molecule has 0 aliphatic carbocycles. The molecule has 11 heavy (non-hydrogen) atoms. The van der Waals surface area contributed by atoms with Crippen LogP contribution in [0, 0.1) is 0 Å². The molecule has 0 atom stereocenters. The summed E-state index contributed by atoms with van der Waals surface area (Å²) in [5.74, 6) is 0. The van der Waals surface area contributed by atoms with Crippen molar-refractivity contribution in [3.05, 3.63) is 4.65 Å². The fourth-order valence-electron chi connectivity index (χ4n) is 1.01. The maximum absolute atomic E-state index is 4.82. The van der Waals surface area contributed by atoms with Gasteiger partial charge >= 0.3 is 23.1 Å². The van der Waals surface area contributed by atoms with E-state index >= 15 is 0 Å². The first kappa shape index (κ1) is 18.3. The Hall–Kier alpha value is 1.45. The van der Waals surface area contributed by atoms with E-state index in [0.717, 1.165) is 0 Å². The van der Waals surface area contributed by atoms with Gasteiger partial charge in [0, 0.05) is 0 Å². The van der Waals surface area contributed by atoms with Gasteiger partial charge in [-0.25, -0.2) is 0 Å². The van der Waals surface area contributed by atoms with E-state index in [2.05, 4.69) is 39.3 Å². The second kappa shape index (κ2) is 5.99. The zero-order chi connectivity index (χ0) is 7.71. The molecule has 0 aromatic heterocycles. The van der Waals surface area contributed by atoms with Gasteiger partial charge in [-0.2, -0.15) is 0 Å². The van der Waals surface area contributed by atoms with Crippen molar-refractivity contribution >= 4 is 39.5 Å². The number of nitrogens with zero attached hydrogens (tertiary/aromatic N) is 1. The first-order valence-corrected chi connectivity index (χ1v) is 10.3. The van der Waals surface area contributed by atoms with Gasteiger partial charge in [0.15, 0.2) is 0 Å². The third-order valence-corrected chi connectivity index (χ3v) is 6.04. The maximum atomic E-state index is 4.82. The Kier molecular flexibility index (Phi) is 9.95. The van der Waals surface area contributed by atoms with E-state index in [1.54, 1.807) is 0 Å². The van der Waals surface area contributed by atoms with Crippen LogP contribution < -0.4 is 12.4 Å². The molecule has 0 saturated heterocycles. The zero-order valence-electron chi connectivity index (χ0n) is 8.53. The van der Waals surface area contributed by atoms with Crippen molar-refractivity contribution < 1.29 is 12.4 Å². The topological polar surface area (TPSA) is 14.1 Å². The van der Waals surface area contributed by atoms with Crippen molar-refractivity contribution in [2.45, 2.75) is 39.3 Å². The van der Waals surface area contributed by atoms with E-state index in [4.69, 9.17) is 4.65 Å². The van der Waals surface area contributed by atoms with Crippen molar-refractivity contribution in [1.29, 1.82) is 0 Å². The molecule has 0 aliphatic heterocycles. The van der Waals surface area contributed by atoms with Gasteiger partial charge in [-0.15, -0.1) is 0 Å². The first-order chi connectivity index (χ1) is 3.71. The van der Waals surface area contributed by atoms with Crippen LogP contribution in [0.5, 0.6) is 0 Å². The number of rotatable bonds is 2. The Morgan fingerprint density at radius 3 is 0.909 bits per heavy atom. The summed E-state index contributed by atoms with van der Waals surface area (Å²) in [4.78, 5) is 0. The van der Waals surface area contributed by atoms with Gasteiger partial charge in [-0.05, 0) is 0 Å². The second-order valence-corrected chi connectivity index (χ2v) is 14.0. The van der Waals surface area contributed by atoms with E-state index in [9.17, 15) is 0 Å². The molecule has 1 nitrogen and oxygen atoms in total. The molecule has 0 heterocycles. The van der Waals surface area contributed by atoms with Gasteiger partial charge in [0.25, 0.3) is 0 Å². The fraction of sp³-hybridized carbons (Fsp3) is 1.00. The van der Waals surface area contributed by atoms with Crippen LogP contribution >= 0.6 is 0 Å². The Morgan fingerprint density at radius 1 is 0.727 bits per heavy atom. The van der Waals surface area contributed by atoms with Crippen molar-refractivity contribution in [2.24, 2.45) is 0 Å². The van der Waals surface area contributed by atoms with Crippen LogP contribution in [0.25, 0.3) is 4.65 Å². The minimum atomic E-state index is -1.11. The van der Waals surface area contributed by atoms with Crippen LogP contribution in [0.1, 0.15) is 0 Å². The first-order valence-electron chi connectivity index (χ1n) is 3.45. The van der Waals surface area contributed by atoms with Gasteiger partial charge < -0.3 is 17.1 Å². The minimum absolute atomic E-state index is 0. The summed E-state index contributed by atoms with van der Waals surface area (Å²) in [6.45, 7) is 13.8. The van der Waals surface area contributed by atoms with Crippen LogP contribution in [0.3, 0.4) is 0 Å². The van der Waals surface area contributed by atoms with Crippen molar-refractivity contribution in [3.8, 4) is 0 Å². The van der Waals surface area contributed by atoms with E-state index in [1.165, 1.54) is 0 Å². The second-order valence-electron chi connectivity index (χ2n) is 4.45. The van der Waals surface area contributed by atoms with Gasteiger partial charge in [-0.3, -0.25) is 0 Å². The minimum Gasteiger partial charge on any atom is -1.00 e. The molecule has 0 unspecified atom stereocenters. The molecule has 64 valence electrons. The molecule has 0 amide bonds. The molecule has 0 aromatic rings. The van der Waals surface area contributed by atoms with E-state index < -0.39 is 16.5 Å². The number of halogens is 1. The molecule has 0 rings (SSSR count). The Labute approximate surface area is 95.5 Å². The summed E-state index contributed by atoms with van der Waals surface area (Å²) in [6, 6.07) is 0. The smallest absolute Gasteiger partial charge is 1.00 e. The third-order valence-electron chi connectivity index (χ3n) is 0.671. The van der Waals surface area contributed by atoms with E-state index in [-0.39, 0.29) is 35.5 Å². The van der Waals surface area contributed by atoms with Gasteiger partial charge in [0.05, 0.1) is 0 Å². The van der Waals surface area contributed by atoms with Crippen molar-refractivity contribution in [3.63, 3.8) is 0 Å². The monoisotopic (exact) mass is 219 g/mol. The summed E-state index contributed by atoms with van der Waals surface area (Å²) in [6.07, 6.45) is 0. The Bertz CT molecular complexity index is 85.7. The summed E-state index contributed by atoms with van der Waals surface area (Å²) < 4.78 is 4.82. The normalized spacial score (nSPS) is 11.5. The van der Waals surface area contributed by atoms with Gasteiger partial charge in [-0.1, -0.05) is 55.8 Å². The average Bonchev–Trinajstić information content (AvgIpc) is 1.14. The predicted octanol–water partition coefficient (Wildman–Crippen LogP) is -0.347. The molecule has 5 heteroatoms. The Morgan fingerprint density at radius 2 is 0.909 bits per heavy atom. The molecule has 0 aromatic carbocycles. The molecule has 0 spiro atoms. The molecular formula is C6H18ClMgNSi2. The molecule has 0 fully saturated rings. The summed E-state index contributed by atoms with van der Waals surface area (Å²) >= 11 is 0.